The minimum atomic E-state index is -0.264. The van der Waals surface area contributed by atoms with Crippen molar-refractivity contribution in [3.05, 3.63) is 138 Å². The van der Waals surface area contributed by atoms with Gasteiger partial charge in [0.15, 0.2) is 0 Å². The lowest BCUT2D eigenvalue weighted by Gasteiger charge is -2.29. The Labute approximate surface area is 290 Å². The van der Waals surface area contributed by atoms with Gasteiger partial charge in [-0.2, -0.15) is 0 Å². The quantitative estimate of drug-likeness (QED) is 0.162. The van der Waals surface area contributed by atoms with E-state index in [1.807, 2.05) is 42.5 Å². The lowest BCUT2D eigenvalue weighted by Crippen LogP contribution is -2.30. The summed E-state index contributed by atoms with van der Waals surface area (Å²) in [5.41, 5.74) is 9.01. The highest BCUT2D eigenvalue weighted by Crippen LogP contribution is 2.23. The van der Waals surface area contributed by atoms with Gasteiger partial charge in [-0.15, -0.1) is 0 Å². The van der Waals surface area contributed by atoms with Gasteiger partial charge >= 0.3 is 11.9 Å². The number of benzene rings is 4. The molecule has 1 N–H and O–H groups in total. The molecule has 0 aromatic heterocycles. The second-order valence-electron chi connectivity index (χ2n) is 10.7. The molecule has 0 saturated carbocycles. The second kappa shape index (κ2) is 17.8. The van der Waals surface area contributed by atoms with Crippen molar-refractivity contribution < 1.29 is 19.1 Å². The predicted octanol–water partition coefficient (Wildman–Crippen LogP) is 8.26. The summed E-state index contributed by atoms with van der Waals surface area (Å²) < 4.78 is 11.7. The third-order valence-corrected chi connectivity index (χ3v) is 9.32. The summed E-state index contributed by atoms with van der Waals surface area (Å²) >= 11 is 10.2. The first kappa shape index (κ1) is 35.0. The Balaban J connectivity index is 0.000000171. The third-order valence-electron chi connectivity index (χ3n) is 7.62. The molecule has 4 aromatic rings. The van der Waals surface area contributed by atoms with Gasteiger partial charge in [0.1, 0.15) is 0 Å². The van der Waals surface area contributed by atoms with Crippen molar-refractivity contribution in [1.29, 1.82) is 0 Å². The Morgan fingerprint density at radius 3 is 1.80 bits per heavy atom. The minimum Gasteiger partial charge on any atom is -0.465 e. The van der Waals surface area contributed by atoms with Crippen LogP contribution in [0.3, 0.4) is 0 Å². The van der Waals surface area contributed by atoms with Gasteiger partial charge in [-0.1, -0.05) is 84.2 Å². The van der Waals surface area contributed by atoms with Crippen LogP contribution in [0.2, 0.25) is 0 Å². The number of fused-ring (bicyclic) bond motifs is 2. The molecule has 9 heteroatoms. The fourth-order valence-corrected chi connectivity index (χ4v) is 6.04. The first-order valence-electron chi connectivity index (χ1n) is 14.7. The number of hydrogen-bond donors (Lipinski definition) is 1. The van der Waals surface area contributed by atoms with E-state index in [1.165, 1.54) is 47.6 Å². The fraction of sp³-hybridized carbons (Fsp3) is 0.278. The molecule has 0 aliphatic carbocycles. The zero-order chi connectivity index (χ0) is 32.2. The first-order chi connectivity index (χ1) is 21.8. The van der Waals surface area contributed by atoms with Crippen molar-refractivity contribution in [3.63, 3.8) is 0 Å². The molecule has 6 nitrogen and oxygen atoms in total. The van der Waals surface area contributed by atoms with Crippen LogP contribution in [0.25, 0.3) is 0 Å². The van der Waals surface area contributed by atoms with E-state index in [4.69, 9.17) is 4.74 Å². The number of methoxy groups -OCH3 is 2. The van der Waals surface area contributed by atoms with Crippen molar-refractivity contribution in [3.8, 4) is 0 Å². The molecule has 0 atom stereocenters. The van der Waals surface area contributed by atoms with Crippen molar-refractivity contribution in [2.24, 2.45) is 0 Å². The molecule has 2 aliphatic heterocycles. The van der Waals surface area contributed by atoms with E-state index >= 15 is 0 Å². The van der Waals surface area contributed by atoms with Crippen molar-refractivity contribution in [1.82, 2.24) is 10.2 Å². The summed E-state index contributed by atoms with van der Waals surface area (Å²) in [5, 5.41) is 4.22. The maximum Gasteiger partial charge on any atom is 0.337 e. The Morgan fingerprint density at radius 1 is 0.711 bits per heavy atom. The number of ether oxygens (including phenoxy) is 2. The molecule has 0 unspecified atom stereocenters. The van der Waals surface area contributed by atoms with Gasteiger partial charge in [-0.05, 0) is 101 Å². The number of nitrogens with one attached hydrogen (secondary N) is 1. The monoisotopic (exact) mass is 798 g/mol. The smallest absolute Gasteiger partial charge is 0.337 e. The number of halogens is 3. The van der Waals surface area contributed by atoms with E-state index < -0.39 is 0 Å². The fourth-order valence-electron chi connectivity index (χ4n) is 5.13. The number of carbonyl (C=O) groups is 2. The number of esters is 2. The normalized spacial score (nSPS) is 13.5. The van der Waals surface area contributed by atoms with Crippen LogP contribution in [0.15, 0.2) is 93.9 Å². The molecule has 0 radical (unpaired) electrons. The maximum atomic E-state index is 11.6. The van der Waals surface area contributed by atoms with Gasteiger partial charge in [0.2, 0.25) is 0 Å². The Kier molecular flexibility index (Phi) is 13.8. The number of alkyl halides is 1. The van der Waals surface area contributed by atoms with Crippen molar-refractivity contribution in [2.45, 2.75) is 37.8 Å². The largest absolute Gasteiger partial charge is 0.465 e. The van der Waals surface area contributed by atoms with Crippen LogP contribution in [0.1, 0.15) is 54.1 Å². The molecule has 0 spiro atoms. The Bertz CT molecular complexity index is 1580. The highest BCUT2D eigenvalue weighted by molar-refractivity contribution is 9.10. The van der Waals surface area contributed by atoms with E-state index in [-0.39, 0.29) is 11.9 Å². The predicted molar refractivity (Wildman–Crippen MR) is 190 cm³/mol. The summed E-state index contributed by atoms with van der Waals surface area (Å²) in [7, 11) is 2.82. The van der Waals surface area contributed by atoms with Crippen LogP contribution in [0, 0.1) is 0 Å². The lowest BCUT2D eigenvalue weighted by atomic mass is 9.97. The lowest BCUT2D eigenvalue weighted by molar-refractivity contribution is 0.0591. The van der Waals surface area contributed by atoms with Gasteiger partial charge in [0, 0.05) is 40.5 Å². The van der Waals surface area contributed by atoms with Crippen LogP contribution >= 0.6 is 47.8 Å². The Hall–Kier alpha value is -2.82. The van der Waals surface area contributed by atoms with Crippen molar-refractivity contribution >= 4 is 59.7 Å². The first-order valence-corrected chi connectivity index (χ1v) is 17.4. The summed E-state index contributed by atoms with van der Waals surface area (Å²) in [6.07, 6.45) is 1.96. The van der Waals surface area contributed by atoms with E-state index in [0.29, 0.717) is 11.1 Å². The van der Waals surface area contributed by atoms with Crippen LogP contribution in [0.4, 0.5) is 0 Å². The summed E-state index contributed by atoms with van der Waals surface area (Å²) in [6, 6.07) is 28.3. The van der Waals surface area contributed by atoms with Gasteiger partial charge in [-0.25, -0.2) is 9.59 Å². The van der Waals surface area contributed by atoms with E-state index in [9.17, 15) is 9.59 Å². The molecule has 4 aromatic carbocycles. The summed E-state index contributed by atoms with van der Waals surface area (Å²) in [6.45, 7) is 4.76. The van der Waals surface area contributed by atoms with Crippen LogP contribution in [-0.4, -0.2) is 44.1 Å². The van der Waals surface area contributed by atoms with Crippen LogP contribution < -0.4 is 5.32 Å². The topological polar surface area (TPSA) is 67.9 Å². The number of hydrogen-bond acceptors (Lipinski definition) is 6. The standard InChI is InChI=1S/C18H18BrNO2.C11H13NO2.C7H6Br2/c1-22-18(21)15-4-5-16-12-20(9-8-14(16)10-15)11-13-2-6-17(19)7-3-13;1-14-11(13)9-2-3-10-7-12-5-4-8(10)6-9;8-5-6-1-3-7(9)4-2-6/h2-7,10H,8-9,11-12H2,1H3;2-3,6,12H,4-5,7H2,1H3;1-4H,5H2. The van der Waals surface area contributed by atoms with Gasteiger partial charge in [0.25, 0.3) is 0 Å². The Morgan fingerprint density at radius 2 is 1.24 bits per heavy atom. The molecule has 45 heavy (non-hydrogen) atoms. The van der Waals surface area contributed by atoms with E-state index in [1.54, 1.807) is 0 Å². The molecule has 236 valence electrons. The van der Waals surface area contributed by atoms with E-state index in [0.717, 1.165) is 59.8 Å². The highest BCUT2D eigenvalue weighted by atomic mass is 79.9. The molecule has 0 bridgehead atoms. The molecule has 2 heterocycles. The third kappa shape index (κ3) is 10.6. The number of nitrogens with zero attached hydrogens (tertiary/aromatic N) is 1. The minimum absolute atomic E-state index is 0.258. The van der Waals surface area contributed by atoms with Gasteiger partial charge in [0.05, 0.1) is 25.3 Å². The van der Waals surface area contributed by atoms with E-state index in [2.05, 4.69) is 105 Å². The summed E-state index contributed by atoms with van der Waals surface area (Å²) in [4.78, 5) is 25.3. The molecular formula is C36H37Br3N2O4. The zero-order valence-corrected chi connectivity index (χ0v) is 30.2. The summed E-state index contributed by atoms with van der Waals surface area (Å²) in [5.74, 6) is -0.522. The average Bonchev–Trinajstić information content (AvgIpc) is 3.09. The van der Waals surface area contributed by atoms with Gasteiger partial charge in [-0.3, -0.25) is 4.90 Å². The SMILES string of the molecule is BrCc1ccc(Br)cc1.COC(=O)c1ccc2c(c1)CCN(Cc1ccc(Br)cc1)C2.COC(=O)c1ccc2c(c1)CCNC2. The molecule has 6 rings (SSSR count). The van der Waals surface area contributed by atoms with Crippen LogP contribution in [0.5, 0.6) is 0 Å². The highest BCUT2D eigenvalue weighted by Gasteiger charge is 2.18. The zero-order valence-electron chi connectivity index (χ0n) is 25.5. The average molecular weight is 801 g/mol. The second-order valence-corrected chi connectivity index (χ2v) is 13.1. The maximum absolute atomic E-state index is 11.6. The number of carbonyl (C=O) groups excluding carboxylic acids is 2. The molecule has 0 amide bonds. The number of rotatable bonds is 5. The molecule has 0 fully saturated rings. The van der Waals surface area contributed by atoms with Gasteiger partial charge < -0.3 is 14.8 Å². The molecular weight excluding hydrogens is 764 g/mol. The van der Waals surface area contributed by atoms with Crippen molar-refractivity contribution in [2.75, 3.05) is 27.3 Å². The molecule has 2 aliphatic rings. The molecule has 0 saturated heterocycles. The van der Waals surface area contributed by atoms with Crippen LogP contribution in [-0.2, 0) is 47.3 Å².